The van der Waals surface area contributed by atoms with Crippen molar-refractivity contribution in [1.82, 2.24) is 24.5 Å². The fraction of sp³-hybridized carbons (Fsp3) is 0.385. The van der Waals surface area contributed by atoms with Crippen molar-refractivity contribution in [3.63, 3.8) is 0 Å². The normalized spacial score (nSPS) is 18.5. The van der Waals surface area contributed by atoms with Crippen LogP contribution in [0.2, 0.25) is 5.02 Å². The molecule has 0 saturated heterocycles. The number of hydrogen-bond acceptors (Lipinski definition) is 8. The van der Waals surface area contributed by atoms with Crippen LogP contribution < -0.4 is 0 Å². The van der Waals surface area contributed by atoms with Crippen LogP contribution in [0.3, 0.4) is 0 Å². The first-order valence-corrected chi connectivity index (χ1v) is 20.0. The zero-order chi connectivity index (χ0) is 41.4. The molecule has 0 radical (unpaired) electrons. The van der Waals surface area contributed by atoms with Crippen molar-refractivity contribution in [2.75, 3.05) is 12.9 Å². The smallest absolute Gasteiger partial charge is 0.293 e. The fourth-order valence-electron chi connectivity index (χ4n) is 7.71. The molecule has 3 aromatic heterocycles. The Hall–Kier alpha value is -4.76. The van der Waals surface area contributed by atoms with Gasteiger partial charge in [0.15, 0.2) is 15.6 Å². The van der Waals surface area contributed by atoms with Crippen molar-refractivity contribution in [3.8, 4) is 23.0 Å². The third-order valence-corrected chi connectivity index (χ3v) is 11.3. The number of sulfone groups is 1. The number of aryl methyl sites for hydroxylation is 1. The van der Waals surface area contributed by atoms with Gasteiger partial charge >= 0.3 is 0 Å². The fourth-order valence-corrected chi connectivity index (χ4v) is 8.67. The average Bonchev–Trinajstić information content (AvgIpc) is 3.65. The number of nitrogens with zero attached hydrogens (tertiary/aromatic N) is 5. The summed E-state index contributed by atoms with van der Waals surface area (Å²) in [5.74, 6) is -4.40. The molecule has 5 aromatic rings. The first-order chi connectivity index (χ1) is 26.7. The van der Waals surface area contributed by atoms with E-state index in [1.807, 2.05) is 0 Å². The number of ketones is 1. The van der Waals surface area contributed by atoms with Gasteiger partial charge in [-0.25, -0.2) is 31.0 Å². The number of aliphatic hydroxyl groups excluding tert-OH is 1. The molecule has 1 saturated carbocycles. The van der Waals surface area contributed by atoms with E-state index in [0.29, 0.717) is 32.8 Å². The van der Waals surface area contributed by atoms with Crippen molar-refractivity contribution in [2.45, 2.75) is 68.3 Å². The Labute approximate surface area is 327 Å². The number of hydrogen-bond donors (Lipinski definition) is 2. The van der Waals surface area contributed by atoms with Gasteiger partial charge in [-0.3, -0.25) is 14.2 Å². The Morgan fingerprint density at radius 2 is 1.77 bits per heavy atom. The van der Waals surface area contributed by atoms with Crippen LogP contribution >= 0.6 is 11.6 Å². The number of aromatic nitrogens is 5. The molecular weight excluding hydrogens is 800 g/mol. The summed E-state index contributed by atoms with van der Waals surface area (Å²) in [5.41, 5.74) is -2.19. The highest BCUT2D eigenvalue weighted by molar-refractivity contribution is 7.89. The van der Waals surface area contributed by atoms with E-state index in [1.165, 1.54) is 23.7 Å². The maximum atomic E-state index is 15.4. The van der Waals surface area contributed by atoms with Crippen LogP contribution in [0.4, 0.5) is 26.3 Å². The highest BCUT2D eigenvalue weighted by Crippen LogP contribution is 2.68. The van der Waals surface area contributed by atoms with Gasteiger partial charge in [-0.1, -0.05) is 23.6 Å². The molecule has 57 heavy (non-hydrogen) atoms. The van der Waals surface area contributed by atoms with Gasteiger partial charge in [0.1, 0.15) is 40.9 Å². The molecule has 18 heteroatoms. The van der Waals surface area contributed by atoms with E-state index in [0.717, 1.165) is 18.4 Å². The molecule has 0 spiro atoms. The molecule has 2 N–H and O–H groups in total. The first-order valence-electron chi connectivity index (χ1n) is 17.6. The van der Waals surface area contributed by atoms with Crippen molar-refractivity contribution < 1.29 is 49.8 Å². The molecule has 4 atom stereocenters. The maximum absolute atomic E-state index is 15.4. The van der Waals surface area contributed by atoms with Crippen LogP contribution in [0.1, 0.15) is 77.6 Å². The minimum atomic E-state index is -3.59. The van der Waals surface area contributed by atoms with Crippen molar-refractivity contribution >= 4 is 38.1 Å². The van der Waals surface area contributed by atoms with Crippen LogP contribution in [-0.2, 0) is 46.3 Å². The Morgan fingerprint density at radius 3 is 2.42 bits per heavy atom. The number of benzene rings is 2. The summed E-state index contributed by atoms with van der Waals surface area (Å²) < 4.78 is 115. The summed E-state index contributed by atoms with van der Waals surface area (Å²) in [4.78, 5) is 18.8. The molecule has 0 bridgehead atoms. The number of aliphatic hydroxyl groups is 2. The Kier molecular flexibility index (Phi) is 10.3. The van der Waals surface area contributed by atoms with Crippen molar-refractivity contribution in [1.29, 1.82) is 0 Å². The highest BCUT2D eigenvalue weighted by Gasteiger charge is 2.67. The molecule has 1 unspecified atom stereocenters. The Balaban J connectivity index is 1.39. The summed E-state index contributed by atoms with van der Waals surface area (Å²) in [6, 6.07) is 8.90. The summed E-state index contributed by atoms with van der Waals surface area (Å²) in [7, 11) is -2.03. The lowest BCUT2D eigenvalue weighted by atomic mass is 9.86. The third kappa shape index (κ3) is 7.92. The Morgan fingerprint density at radius 1 is 1.09 bits per heavy atom. The van der Waals surface area contributed by atoms with Crippen molar-refractivity contribution in [2.24, 2.45) is 13.0 Å². The topological polar surface area (TPSA) is 140 Å². The number of alkyl halides is 4. The quantitative estimate of drug-likeness (QED) is 0.107. The van der Waals surface area contributed by atoms with Crippen LogP contribution in [-0.4, -0.2) is 67.4 Å². The van der Waals surface area contributed by atoms with E-state index in [9.17, 15) is 41.0 Å². The maximum Gasteiger partial charge on any atom is 0.293 e. The van der Waals surface area contributed by atoms with Gasteiger partial charge in [0.2, 0.25) is 0 Å². The lowest BCUT2D eigenvalue weighted by Crippen LogP contribution is -2.26. The van der Waals surface area contributed by atoms with E-state index in [4.69, 9.17) is 16.6 Å². The second-order valence-corrected chi connectivity index (χ2v) is 17.4. The molecule has 2 aliphatic carbocycles. The van der Waals surface area contributed by atoms with Gasteiger partial charge in [0.05, 0.1) is 34.3 Å². The second-order valence-electron chi connectivity index (χ2n) is 14.9. The molecule has 7 rings (SSSR count). The van der Waals surface area contributed by atoms with Gasteiger partial charge in [-0.05, 0) is 67.5 Å². The van der Waals surface area contributed by atoms with E-state index >= 15 is 8.78 Å². The van der Waals surface area contributed by atoms with Crippen LogP contribution in [0.15, 0.2) is 42.5 Å². The average molecular weight is 834 g/mol. The van der Waals surface area contributed by atoms with Gasteiger partial charge in [-0.2, -0.15) is 19.0 Å². The highest BCUT2D eigenvalue weighted by atomic mass is 35.5. The van der Waals surface area contributed by atoms with E-state index in [2.05, 4.69) is 22.0 Å². The molecule has 0 amide bonds. The largest absolute Gasteiger partial charge is 0.392 e. The second kappa shape index (κ2) is 14.6. The van der Waals surface area contributed by atoms with Gasteiger partial charge < -0.3 is 10.2 Å². The van der Waals surface area contributed by atoms with Crippen LogP contribution in [0, 0.1) is 29.4 Å². The van der Waals surface area contributed by atoms with E-state index in [-0.39, 0.29) is 46.1 Å². The van der Waals surface area contributed by atoms with Crippen LogP contribution in [0.5, 0.6) is 0 Å². The number of halogens is 7. The zero-order valence-electron chi connectivity index (χ0n) is 30.5. The van der Waals surface area contributed by atoms with E-state index in [1.54, 1.807) is 19.2 Å². The third-order valence-electron chi connectivity index (χ3n) is 10.1. The predicted octanol–water partition coefficient (Wildman–Crippen LogP) is 6.54. The SMILES string of the molecule is Cn1nc(CS(C)(=O)=O)c2c(Cl)ccc(-c3ccc(C#CC(C)(O)CO)nc3[C@@H](CC(=O)Cn3nc(C(F)F)c4c3C(F)(F)[C@@H]3C[C@H]43)Cc3cc(F)cc(F)c3)c21. The zero-order valence-corrected chi connectivity index (χ0v) is 32.1. The molecule has 2 aliphatic rings. The minimum Gasteiger partial charge on any atom is -0.392 e. The monoisotopic (exact) mass is 833 g/mol. The summed E-state index contributed by atoms with van der Waals surface area (Å²) in [5, 5.41) is 28.6. The van der Waals surface area contributed by atoms with Gasteiger partial charge in [0, 0.05) is 59.7 Å². The lowest BCUT2D eigenvalue weighted by Gasteiger charge is -2.22. The van der Waals surface area contributed by atoms with Gasteiger partial charge in [-0.15, -0.1) is 0 Å². The molecule has 2 aromatic carbocycles. The van der Waals surface area contributed by atoms with Crippen molar-refractivity contribution in [3.05, 3.63) is 98.7 Å². The molecule has 10 nitrogen and oxygen atoms in total. The number of carbonyl (C=O) groups is 1. The summed E-state index contributed by atoms with van der Waals surface area (Å²) >= 11 is 6.61. The molecule has 0 aliphatic heterocycles. The van der Waals surface area contributed by atoms with Gasteiger partial charge in [0.25, 0.3) is 12.3 Å². The lowest BCUT2D eigenvalue weighted by molar-refractivity contribution is -0.120. The summed E-state index contributed by atoms with van der Waals surface area (Å²) in [6.45, 7) is -0.292. The minimum absolute atomic E-state index is 0.0252. The number of pyridine rings is 1. The number of Topliss-reactive ketones (excluding diaryl/α,β-unsaturated/α-hetero) is 1. The standard InChI is InChI=1S/C39H34ClF6N5O5S/c1-38(54,18-52)9-8-23-4-5-25(26-6-7-29(40)32-30(17-57(3,55)56)48-50(2)35(26)32)33(47-23)20(10-19-11-21(41)14-22(42)12-19)13-24(53)16-51-36-31(34(49-51)37(43)44)27-15-28(27)39(36,45)46/h4-7,11-12,14,20,27-28,37,52,54H,10,13,15-18H2,1-3H3/t20-,27+,28-,38?/m1/s1. The number of rotatable bonds is 12. The molecule has 300 valence electrons. The first kappa shape index (κ1) is 40.4. The van der Waals surface area contributed by atoms with E-state index < -0.39 is 99.7 Å². The summed E-state index contributed by atoms with van der Waals surface area (Å²) in [6.07, 6.45) is -2.88. The number of fused-ring (bicyclic) bond motifs is 4. The molecule has 3 heterocycles. The Bertz CT molecular complexity index is 2610. The molecule has 1 fully saturated rings. The van der Waals surface area contributed by atoms with Crippen LogP contribution in [0.25, 0.3) is 22.0 Å². The molecular formula is C39H34ClF6N5O5S. The predicted molar refractivity (Wildman–Crippen MR) is 196 cm³/mol. The number of carbonyl (C=O) groups excluding carboxylic acids is 1.